The molecule has 9 heteroatoms. The molecule has 4 rings (SSSR count). The zero-order valence-corrected chi connectivity index (χ0v) is 15.9. The third-order valence-corrected chi connectivity index (χ3v) is 4.35. The Bertz CT molecular complexity index is 1160. The Hall–Kier alpha value is -3.20. The molecule has 0 aliphatic rings. The van der Waals surface area contributed by atoms with E-state index in [1.54, 1.807) is 12.1 Å². The molecule has 136 valence electrons. The monoisotopic (exact) mass is 426 g/mol. The van der Waals surface area contributed by atoms with Gasteiger partial charge in [0.2, 0.25) is 0 Å². The van der Waals surface area contributed by atoms with Crippen LogP contribution in [0.15, 0.2) is 46.0 Å². The number of hydrogen-bond donors (Lipinski definition) is 3. The van der Waals surface area contributed by atoms with Gasteiger partial charge in [-0.2, -0.15) is 10.1 Å². The van der Waals surface area contributed by atoms with Crippen LogP contribution in [0.4, 0.5) is 5.95 Å². The molecule has 0 unspecified atom stereocenters. The van der Waals surface area contributed by atoms with Crippen LogP contribution >= 0.6 is 15.9 Å². The molecule has 2 heterocycles. The van der Waals surface area contributed by atoms with Crippen LogP contribution < -0.4 is 10.2 Å². The molecule has 0 amide bonds. The van der Waals surface area contributed by atoms with E-state index < -0.39 is 0 Å². The van der Waals surface area contributed by atoms with Gasteiger partial charge in [0.25, 0.3) is 5.95 Å². The molecule has 27 heavy (non-hydrogen) atoms. The van der Waals surface area contributed by atoms with Gasteiger partial charge in [0, 0.05) is 27.0 Å². The van der Waals surface area contributed by atoms with Crippen molar-refractivity contribution in [3.8, 4) is 11.5 Å². The average molecular weight is 427 g/mol. The Kier molecular flexibility index (Phi) is 4.59. The number of phenolic OH excluding ortho intramolecular Hbond substituents is 1. The molecule has 2 aromatic carbocycles. The Balaban J connectivity index is 1.55. The third-order valence-electron chi connectivity index (χ3n) is 3.86. The minimum absolute atomic E-state index is 0.0715. The van der Waals surface area contributed by atoms with Crippen LogP contribution in [-0.2, 0) is 0 Å². The highest BCUT2D eigenvalue weighted by molar-refractivity contribution is 9.10. The lowest BCUT2D eigenvalue weighted by Gasteiger charge is -2.04. The summed E-state index contributed by atoms with van der Waals surface area (Å²) in [6.07, 6.45) is 1.47. The van der Waals surface area contributed by atoms with Gasteiger partial charge in [0.1, 0.15) is 17.0 Å². The van der Waals surface area contributed by atoms with E-state index in [2.05, 4.69) is 46.6 Å². The summed E-state index contributed by atoms with van der Waals surface area (Å²) in [7, 11) is 0. The normalized spacial score (nSPS) is 11.5. The van der Waals surface area contributed by atoms with Crippen molar-refractivity contribution in [2.45, 2.75) is 6.92 Å². The fourth-order valence-electron chi connectivity index (χ4n) is 2.64. The van der Waals surface area contributed by atoms with Gasteiger partial charge in [-0.25, -0.2) is 5.43 Å². The van der Waals surface area contributed by atoms with Crippen molar-refractivity contribution in [3.05, 3.63) is 46.4 Å². The lowest BCUT2D eigenvalue weighted by atomic mass is 10.2. The Morgan fingerprint density at radius 3 is 2.96 bits per heavy atom. The average Bonchev–Trinajstić information content (AvgIpc) is 3.01. The Morgan fingerprint density at radius 1 is 1.26 bits per heavy atom. The summed E-state index contributed by atoms with van der Waals surface area (Å²) >= 11 is 3.45. The Labute approximate surface area is 162 Å². The van der Waals surface area contributed by atoms with Gasteiger partial charge in [-0.1, -0.05) is 15.9 Å². The maximum Gasteiger partial charge on any atom is 0.265 e. The summed E-state index contributed by atoms with van der Waals surface area (Å²) in [5.41, 5.74) is 5.48. The highest BCUT2D eigenvalue weighted by atomic mass is 79.9. The smallest absolute Gasteiger partial charge is 0.265 e. The molecule has 0 radical (unpaired) electrons. The van der Waals surface area contributed by atoms with E-state index in [9.17, 15) is 5.11 Å². The number of nitrogens with one attached hydrogen (secondary N) is 2. The largest absolute Gasteiger partial charge is 0.507 e. The van der Waals surface area contributed by atoms with Crippen molar-refractivity contribution in [2.75, 3.05) is 12.0 Å². The number of ether oxygens (including phenoxy) is 1. The number of anilines is 1. The van der Waals surface area contributed by atoms with E-state index >= 15 is 0 Å². The first-order valence-electron chi connectivity index (χ1n) is 8.20. The van der Waals surface area contributed by atoms with Gasteiger partial charge in [-0.05, 0) is 37.3 Å². The summed E-state index contributed by atoms with van der Waals surface area (Å²) in [4.78, 5) is 7.58. The van der Waals surface area contributed by atoms with Gasteiger partial charge < -0.3 is 14.8 Å². The van der Waals surface area contributed by atoms with Crippen LogP contribution in [0.2, 0.25) is 0 Å². The highest BCUT2D eigenvalue weighted by Gasteiger charge is 2.09. The molecular formula is C18H15BrN6O2. The number of benzene rings is 2. The molecule has 8 nitrogen and oxygen atoms in total. The number of aromatic amines is 1. The summed E-state index contributed by atoms with van der Waals surface area (Å²) in [5.74, 6) is 0.917. The molecular weight excluding hydrogens is 412 g/mol. The molecule has 0 fully saturated rings. The van der Waals surface area contributed by atoms with E-state index in [0.717, 1.165) is 15.4 Å². The fourth-order valence-corrected chi connectivity index (χ4v) is 3.00. The molecule has 0 atom stereocenters. The summed E-state index contributed by atoms with van der Waals surface area (Å²) in [5, 5.41) is 23.3. The number of nitrogens with zero attached hydrogens (tertiary/aromatic N) is 4. The van der Waals surface area contributed by atoms with E-state index in [-0.39, 0.29) is 11.7 Å². The lowest BCUT2D eigenvalue weighted by molar-refractivity contribution is 0.337. The number of hydrazone groups is 1. The highest BCUT2D eigenvalue weighted by Crippen LogP contribution is 2.26. The predicted molar refractivity (Wildman–Crippen MR) is 107 cm³/mol. The van der Waals surface area contributed by atoms with E-state index in [0.29, 0.717) is 29.1 Å². The SMILES string of the molecule is CCOc1ccc(/C=N\Nc2nnc3c(n2)[nH]c2ccc(Br)cc23)c(O)c1. The van der Waals surface area contributed by atoms with Crippen LogP contribution in [0.1, 0.15) is 12.5 Å². The quantitative estimate of drug-likeness (QED) is 0.330. The van der Waals surface area contributed by atoms with Crippen LogP contribution in [0, 0.1) is 0 Å². The van der Waals surface area contributed by atoms with Crippen molar-refractivity contribution >= 4 is 50.2 Å². The van der Waals surface area contributed by atoms with E-state index in [1.165, 1.54) is 12.3 Å². The van der Waals surface area contributed by atoms with Gasteiger partial charge in [0.05, 0.1) is 12.8 Å². The molecule has 0 saturated heterocycles. The number of aromatic nitrogens is 4. The third kappa shape index (κ3) is 3.54. The number of phenols is 1. The molecule has 0 spiro atoms. The van der Waals surface area contributed by atoms with Gasteiger partial charge in [0.15, 0.2) is 5.65 Å². The fraction of sp³-hybridized carbons (Fsp3) is 0.111. The number of rotatable bonds is 5. The van der Waals surface area contributed by atoms with Crippen molar-refractivity contribution in [3.63, 3.8) is 0 Å². The Morgan fingerprint density at radius 2 is 2.15 bits per heavy atom. The molecule has 0 saturated carbocycles. The number of H-pyrrole nitrogens is 1. The van der Waals surface area contributed by atoms with Crippen LogP contribution in [0.5, 0.6) is 11.5 Å². The number of aromatic hydroxyl groups is 1. The van der Waals surface area contributed by atoms with Crippen molar-refractivity contribution in [1.29, 1.82) is 0 Å². The number of fused-ring (bicyclic) bond motifs is 3. The van der Waals surface area contributed by atoms with Gasteiger partial charge in [-0.15, -0.1) is 10.2 Å². The number of halogens is 1. The van der Waals surface area contributed by atoms with E-state index in [1.807, 2.05) is 25.1 Å². The molecule has 0 bridgehead atoms. The van der Waals surface area contributed by atoms with Crippen molar-refractivity contribution in [1.82, 2.24) is 20.2 Å². The summed E-state index contributed by atoms with van der Waals surface area (Å²) in [6.45, 7) is 2.42. The minimum atomic E-state index is 0.0715. The predicted octanol–water partition coefficient (Wildman–Crippen LogP) is 3.82. The number of hydrogen-bond acceptors (Lipinski definition) is 7. The van der Waals surface area contributed by atoms with Crippen LogP contribution in [0.25, 0.3) is 22.1 Å². The van der Waals surface area contributed by atoms with Crippen LogP contribution in [0.3, 0.4) is 0 Å². The minimum Gasteiger partial charge on any atom is -0.507 e. The van der Waals surface area contributed by atoms with Crippen molar-refractivity contribution < 1.29 is 9.84 Å². The summed E-state index contributed by atoms with van der Waals surface area (Å²) < 4.78 is 6.29. The van der Waals surface area contributed by atoms with Crippen LogP contribution in [-0.4, -0.2) is 38.1 Å². The zero-order valence-electron chi connectivity index (χ0n) is 14.3. The van der Waals surface area contributed by atoms with E-state index in [4.69, 9.17) is 4.74 Å². The second kappa shape index (κ2) is 7.20. The van der Waals surface area contributed by atoms with Gasteiger partial charge >= 0.3 is 0 Å². The maximum absolute atomic E-state index is 10.0. The van der Waals surface area contributed by atoms with Gasteiger partial charge in [-0.3, -0.25) is 0 Å². The maximum atomic E-state index is 10.0. The second-order valence-electron chi connectivity index (χ2n) is 5.67. The lowest BCUT2D eigenvalue weighted by Crippen LogP contribution is -1.99. The second-order valence-corrected chi connectivity index (χ2v) is 6.59. The van der Waals surface area contributed by atoms with Crippen molar-refractivity contribution in [2.24, 2.45) is 5.10 Å². The molecule has 0 aliphatic heterocycles. The molecule has 3 N–H and O–H groups in total. The first-order valence-corrected chi connectivity index (χ1v) is 9.00. The standard InChI is InChI=1S/C18H15BrN6O2/c1-2-27-12-5-3-10(15(26)8-12)9-20-24-18-22-17-16(23-25-18)13-7-11(19)4-6-14(13)21-17/h3-9,26H,2H2,1H3,(H2,21,22,24,25)/b20-9-. The first-order chi connectivity index (χ1) is 13.1. The molecule has 2 aromatic heterocycles. The summed E-state index contributed by atoms with van der Waals surface area (Å²) in [6, 6.07) is 10.9. The first kappa shape index (κ1) is 17.2. The topological polar surface area (TPSA) is 108 Å². The molecule has 4 aromatic rings. The molecule has 0 aliphatic carbocycles. The zero-order chi connectivity index (χ0) is 18.8.